The van der Waals surface area contributed by atoms with E-state index >= 15 is 0 Å². The summed E-state index contributed by atoms with van der Waals surface area (Å²) in [6.45, 7) is 15.6. The standard InChI is InChI=1S/C28H41N5O5/c1-9-37-15-21-31-22-23(33(21)16-28(7,8)36)18-12-10-11-13-19(18)29-24(22)32-25(34)20(14-17(2)3)30-26(35)38-27(4,5)6/h10-13,17,20,36H,9,14-16H2,1-8H3,(H,30,35)(H,29,32,34)/t20-/m0/s1. The molecule has 0 spiro atoms. The summed E-state index contributed by atoms with van der Waals surface area (Å²) in [5, 5.41) is 17.1. The Hall–Kier alpha value is -3.24. The monoisotopic (exact) mass is 527 g/mol. The van der Waals surface area contributed by atoms with Crippen LogP contribution in [0.25, 0.3) is 21.9 Å². The number of aromatic nitrogens is 3. The number of aliphatic hydroxyl groups is 1. The van der Waals surface area contributed by atoms with Crippen LogP contribution in [0.1, 0.15) is 67.6 Å². The van der Waals surface area contributed by atoms with E-state index in [-0.39, 0.29) is 24.9 Å². The van der Waals surface area contributed by atoms with Crippen LogP contribution in [0.2, 0.25) is 0 Å². The lowest BCUT2D eigenvalue weighted by atomic mass is 10.0. The fraction of sp³-hybridized carbons (Fsp3) is 0.571. The number of nitrogens with zero attached hydrogens (tertiary/aromatic N) is 3. The van der Waals surface area contributed by atoms with E-state index in [0.29, 0.717) is 29.9 Å². The summed E-state index contributed by atoms with van der Waals surface area (Å²) in [5.41, 5.74) is 0.164. The Labute approximate surface area is 224 Å². The summed E-state index contributed by atoms with van der Waals surface area (Å²) in [7, 11) is 0. The molecule has 0 radical (unpaired) electrons. The van der Waals surface area contributed by atoms with E-state index in [4.69, 9.17) is 19.4 Å². The smallest absolute Gasteiger partial charge is 0.408 e. The van der Waals surface area contributed by atoms with Gasteiger partial charge < -0.3 is 29.8 Å². The van der Waals surface area contributed by atoms with Gasteiger partial charge in [-0.2, -0.15) is 0 Å². The van der Waals surface area contributed by atoms with Crippen molar-refractivity contribution in [3.63, 3.8) is 0 Å². The predicted molar refractivity (Wildman–Crippen MR) is 148 cm³/mol. The first-order valence-electron chi connectivity index (χ1n) is 13.1. The molecule has 208 valence electrons. The summed E-state index contributed by atoms with van der Waals surface area (Å²) in [4.78, 5) is 35.5. The molecule has 10 nitrogen and oxygen atoms in total. The fourth-order valence-corrected chi connectivity index (χ4v) is 4.19. The summed E-state index contributed by atoms with van der Waals surface area (Å²) in [6.07, 6.45) is -0.256. The molecule has 0 unspecified atom stereocenters. The number of para-hydroxylation sites is 1. The lowest BCUT2D eigenvalue weighted by Gasteiger charge is -2.24. The fourth-order valence-electron chi connectivity index (χ4n) is 4.19. The number of benzene rings is 1. The van der Waals surface area contributed by atoms with Gasteiger partial charge in [-0.1, -0.05) is 32.0 Å². The number of nitrogens with one attached hydrogen (secondary N) is 2. The third-order valence-electron chi connectivity index (χ3n) is 5.60. The van der Waals surface area contributed by atoms with Crippen LogP contribution in [-0.2, 0) is 27.4 Å². The number of anilines is 1. The number of imidazole rings is 1. The van der Waals surface area contributed by atoms with E-state index < -0.39 is 29.2 Å². The average molecular weight is 528 g/mol. The van der Waals surface area contributed by atoms with E-state index in [2.05, 4.69) is 10.6 Å². The zero-order valence-corrected chi connectivity index (χ0v) is 23.7. The topological polar surface area (TPSA) is 128 Å². The number of amides is 2. The molecule has 0 aliphatic rings. The summed E-state index contributed by atoms with van der Waals surface area (Å²) < 4.78 is 13.0. The second-order valence-electron chi connectivity index (χ2n) is 11.6. The number of ether oxygens (including phenoxy) is 2. The lowest BCUT2D eigenvalue weighted by molar-refractivity contribution is -0.118. The van der Waals surface area contributed by atoms with Crippen molar-refractivity contribution in [3.05, 3.63) is 30.1 Å². The molecule has 0 saturated carbocycles. The number of fused-ring (bicyclic) bond motifs is 3. The van der Waals surface area contributed by atoms with Crippen molar-refractivity contribution in [1.82, 2.24) is 19.9 Å². The first kappa shape index (κ1) is 29.3. The molecule has 0 aliphatic carbocycles. The molecule has 2 aromatic heterocycles. The predicted octanol–water partition coefficient (Wildman–Crippen LogP) is 4.77. The second-order valence-corrected chi connectivity index (χ2v) is 11.6. The maximum Gasteiger partial charge on any atom is 0.408 e. The van der Waals surface area contributed by atoms with Crippen LogP contribution in [0.4, 0.5) is 10.6 Å². The Morgan fingerprint density at radius 3 is 2.39 bits per heavy atom. The van der Waals surface area contributed by atoms with Gasteiger partial charge in [0.2, 0.25) is 5.91 Å². The first-order valence-corrected chi connectivity index (χ1v) is 13.1. The van der Waals surface area contributed by atoms with Crippen molar-refractivity contribution in [2.24, 2.45) is 5.92 Å². The third-order valence-corrected chi connectivity index (χ3v) is 5.60. The highest BCUT2D eigenvalue weighted by Gasteiger charge is 2.28. The van der Waals surface area contributed by atoms with Crippen molar-refractivity contribution in [3.8, 4) is 0 Å². The molecule has 1 atom stereocenters. The quantitative estimate of drug-likeness (QED) is 0.346. The minimum Gasteiger partial charge on any atom is -0.444 e. The van der Waals surface area contributed by atoms with Crippen molar-refractivity contribution >= 4 is 39.8 Å². The Kier molecular flexibility index (Phi) is 8.99. The molecule has 10 heteroatoms. The van der Waals surface area contributed by atoms with Gasteiger partial charge in [0, 0.05) is 12.0 Å². The first-order chi connectivity index (χ1) is 17.7. The summed E-state index contributed by atoms with van der Waals surface area (Å²) >= 11 is 0. The third kappa shape index (κ3) is 7.64. The van der Waals surface area contributed by atoms with Crippen molar-refractivity contribution < 1.29 is 24.2 Å². The van der Waals surface area contributed by atoms with Crippen LogP contribution in [0.5, 0.6) is 0 Å². The van der Waals surface area contributed by atoms with Gasteiger partial charge in [0.25, 0.3) is 0 Å². The highest BCUT2D eigenvalue weighted by Crippen LogP contribution is 2.31. The molecule has 3 aromatic rings. The number of carbonyl (C=O) groups excluding carboxylic acids is 2. The SMILES string of the molecule is CCOCc1nc2c(NC(=O)[C@H](CC(C)C)NC(=O)OC(C)(C)C)nc3ccccc3c2n1CC(C)(C)O. The molecule has 38 heavy (non-hydrogen) atoms. The highest BCUT2D eigenvalue weighted by atomic mass is 16.6. The van der Waals surface area contributed by atoms with Crippen LogP contribution >= 0.6 is 0 Å². The maximum atomic E-state index is 13.5. The van der Waals surface area contributed by atoms with Gasteiger partial charge in [-0.25, -0.2) is 14.8 Å². The highest BCUT2D eigenvalue weighted by molar-refractivity contribution is 6.10. The van der Waals surface area contributed by atoms with Gasteiger partial charge in [-0.3, -0.25) is 4.79 Å². The molecule has 2 heterocycles. The molecular formula is C28H41N5O5. The Morgan fingerprint density at radius 1 is 1.11 bits per heavy atom. The molecule has 0 saturated heterocycles. The van der Waals surface area contributed by atoms with Crippen molar-refractivity contribution in [2.75, 3.05) is 11.9 Å². The van der Waals surface area contributed by atoms with Gasteiger partial charge in [0.1, 0.15) is 29.6 Å². The van der Waals surface area contributed by atoms with Crippen LogP contribution in [0, 0.1) is 5.92 Å². The number of hydrogen-bond donors (Lipinski definition) is 3. The van der Waals surface area contributed by atoms with E-state index in [1.807, 2.05) is 49.6 Å². The van der Waals surface area contributed by atoms with Gasteiger partial charge in [-0.15, -0.1) is 0 Å². The minimum absolute atomic E-state index is 0.133. The Bertz CT molecular complexity index is 1290. The number of pyridine rings is 1. The molecule has 3 rings (SSSR count). The van der Waals surface area contributed by atoms with E-state index in [1.165, 1.54) is 0 Å². The molecule has 0 fully saturated rings. The zero-order chi connectivity index (χ0) is 28.3. The van der Waals surface area contributed by atoms with Gasteiger partial charge in [0.05, 0.1) is 23.2 Å². The van der Waals surface area contributed by atoms with Gasteiger partial charge in [-0.05, 0) is 59.9 Å². The molecule has 0 aliphatic heterocycles. The van der Waals surface area contributed by atoms with Crippen LogP contribution < -0.4 is 10.6 Å². The Morgan fingerprint density at radius 2 is 1.79 bits per heavy atom. The number of alkyl carbamates (subject to hydrolysis) is 1. The summed E-state index contributed by atoms with van der Waals surface area (Å²) in [5.74, 6) is 0.602. The maximum absolute atomic E-state index is 13.5. The van der Waals surface area contributed by atoms with Crippen molar-refractivity contribution in [1.29, 1.82) is 0 Å². The number of carbonyl (C=O) groups is 2. The van der Waals surface area contributed by atoms with Crippen LogP contribution in [-0.4, -0.2) is 55.5 Å². The van der Waals surface area contributed by atoms with E-state index in [9.17, 15) is 14.7 Å². The molecule has 2 amide bonds. The van der Waals surface area contributed by atoms with Gasteiger partial charge >= 0.3 is 6.09 Å². The molecule has 0 bridgehead atoms. The normalized spacial score (nSPS) is 13.2. The number of rotatable bonds is 10. The second kappa shape index (κ2) is 11.7. The van der Waals surface area contributed by atoms with Crippen LogP contribution in [0.15, 0.2) is 24.3 Å². The number of hydrogen-bond acceptors (Lipinski definition) is 7. The lowest BCUT2D eigenvalue weighted by Crippen LogP contribution is -2.46. The minimum atomic E-state index is -1.03. The molecule has 1 aromatic carbocycles. The Balaban J connectivity index is 2.09. The van der Waals surface area contributed by atoms with Crippen molar-refractivity contribution in [2.45, 2.75) is 92.2 Å². The largest absolute Gasteiger partial charge is 0.444 e. The van der Waals surface area contributed by atoms with E-state index in [1.54, 1.807) is 34.6 Å². The molecular weight excluding hydrogens is 486 g/mol. The van der Waals surface area contributed by atoms with Crippen LogP contribution in [0.3, 0.4) is 0 Å². The average Bonchev–Trinajstić information content (AvgIpc) is 3.12. The van der Waals surface area contributed by atoms with E-state index in [0.717, 1.165) is 10.9 Å². The zero-order valence-electron chi connectivity index (χ0n) is 23.7. The molecule has 3 N–H and O–H groups in total. The van der Waals surface area contributed by atoms with Gasteiger partial charge in [0.15, 0.2) is 5.82 Å². The summed E-state index contributed by atoms with van der Waals surface area (Å²) in [6, 6.07) is 6.74.